The van der Waals surface area contributed by atoms with Gasteiger partial charge >= 0.3 is 0 Å². The quantitative estimate of drug-likeness (QED) is 0.724. The maximum Gasteiger partial charge on any atom is 0.220 e. The lowest BCUT2D eigenvalue weighted by atomic mass is 10.1. The highest BCUT2D eigenvalue weighted by Crippen LogP contribution is 2.12. The van der Waals surface area contributed by atoms with Gasteiger partial charge < -0.3 is 5.32 Å². The fourth-order valence-electron chi connectivity index (χ4n) is 2.48. The Bertz CT molecular complexity index is 821. The van der Waals surface area contributed by atoms with Crippen LogP contribution in [-0.4, -0.2) is 30.6 Å². The number of carbonyl (C=O) groups excluding carboxylic acids is 1. The number of nitrogens with one attached hydrogen (secondary N) is 2. The van der Waals surface area contributed by atoms with Gasteiger partial charge in [-0.2, -0.15) is 5.10 Å². The van der Waals surface area contributed by atoms with Crippen molar-refractivity contribution in [2.75, 3.05) is 0 Å². The number of amides is 1. The Balaban J connectivity index is 1.58. The number of carbonyl (C=O) groups is 1. The molecule has 0 saturated heterocycles. The summed E-state index contributed by atoms with van der Waals surface area (Å²) in [4.78, 5) is 20.5. The Morgan fingerprint density at radius 3 is 2.92 bits per heavy atom. The summed E-state index contributed by atoms with van der Waals surface area (Å²) >= 11 is 0. The molecule has 0 atom stereocenters. The number of aryl methyl sites for hydroxylation is 2. The third-order valence-electron chi connectivity index (χ3n) is 4.04. The molecule has 0 aliphatic rings. The van der Waals surface area contributed by atoms with Crippen molar-refractivity contribution in [3.63, 3.8) is 0 Å². The van der Waals surface area contributed by atoms with Gasteiger partial charge in [-0.05, 0) is 25.5 Å². The van der Waals surface area contributed by atoms with Gasteiger partial charge in [0, 0.05) is 49.2 Å². The van der Waals surface area contributed by atoms with Gasteiger partial charge in [-0.15, -0.1) is 0 Å². The molecule has 0 radical (unpaired) electrons. The minimum absolute atomic E-state index is 0.00418. The van der Waals surface area contributed by atoms with Gasteiger partial charge in [-0.1, -0.05) is 6.07 Å². The number of rotatable bonds is 6. The molecule has 0 aliphatic carbocycles. The summed E-state index contributed by atoms with van der Waals surface area (Å²) in [6.45, 7) is 4.42. The van der Waals surface area contributed by atoms with E-state index >= 15 is 0 Å². The topological polar surface area (TPSA) is 88.5 Å². The van der Waals surface area contributed by atoms with Crippen LogP contribution in [-0.2, 0) is 17.8 Å². The molecule has 3 aromatic heterocycles. The van der Waals surface area contributed by atoms with E-state index in [9.17, 15) is 4.79 Å². The molecule has 3 aromatic rings. The zero-order valence-electron chi connectivity index (χ0n) is 13.8. The molecule has 0 bridgehead atoms. The predicted octanol–water partition coefficient (Wildman–Crippen LogP) is 1.86. The van der Waals surface area contributed by atoms with Crippen molar-refractivity contribution < 1.29 is 4.79 Å². The first kappa shape index (κ1) is 15.9. The highest BCUT2D eigenvalue weighted by molar-refractivity contribution is 5.76. The maximum atomic E-state index is 12.1. The van der Waals surface area contributed by atoms with E-state index in [-0.39, 0.29) is 5.91 Å². The number of aromatic amines is 1. The van der Waals surface area contributed by atoms with Gasteiger partial charge in [0.25, 0.3) is 0 Å². The summed E-state index contributed by atoms with van der Waals surface area (Å²) in [5, 5.41) is 10.1. The van der Waals surface area contributed by atoms with Gasteiger partial charge in [0.05, 0.1) is 5.69 Å². The zero-order valence-corrected chi connectivity index (χ0v) is 13.8. The molecule has 7 heteroatoms. The van der Waals surface area contributed by atoms with Crippen LogP contribution in [0.2, 0.25) is 0 Å². The molecular formula is C17H20N6O. The van der Waals surface area contributed by atoms with Crippen LogP contribution in [0.1, 0.15) is 28.9 Å². The van der Waals surface area contributed by atoms with E-state index in [2.05, 4.69) is 25.5 Å². The molecule has 0 saturated carbocycles. The minimum Gasteiger partial charge on any atom is -0.352 e. The average molecular weight is 324 g/mol. The monoisotopic (exact) mass is 324 g/mol. The highest BCUT2D eigenvalue weighted by Gasteiger charge is 2.10. The van der Waals surface area contributed by atoms with Gasteiger partial charge in [-0.3, -0.25) is 14.5 Å². The standard InChI is InChI=1S/C17H20N6O/c1-12-13(2)21-22-15(12)5-6-16(24)20-10-14-4-3-7-19-17(14)23-9-8-18-11-23/h3-4,7-9,11H,5-6,10H2,1-2H3,(H,20,24)(H,21,22). The second kappa shape index (κ2) is 7.08. The molecule has 1 amide bonds. The van der Waals surface area contributed by atoms with Crippen LogP contribution in [0, 0.1) is 13.8 Å². The normalized spacial score (nSPS) is 10.8. The van der Waals surface area contributed by atoms with Gasteiger partial charge in [-0.25, -0.2) is 9.97 Å². The van der Waals surface area contributed by atoms with Crippen LogP contribution < -0.4 is 5.32 Å². The predicted molar refractivity (Wildman–Crippen MR) is 89.6 cm³/mol. The molecule has 0 fully saturated rings. The lowest BCUT2D eigenvalue weighted by Gasteiger charge is -2.10. The Morgan fingerprint density at radius 2 is 2.21 bits per heavy atom. The van der Waals surface area contributed by atoms with Crippen LogP contribution >= 0.6 is 0 Å². The Kier molecular flexibility index (Phi) is 4.69. The molecule has 0 unspecified atom stereocenters. The maximum absolute atomic E-state index is 12.1. The van der Waals surface area contributed by atoms with Crippen molar-refractivity contribution in [2.45, 2.75) is 33.2 Å². The first-order valence-electron chi connectivity index (χ1n) is 7.84. The Hall–Kier alpha value is -2.96. The fourth-order valence-corrected chi connectivity index (χ4v) is 2.48. The molecule has 0 aliphatic heterocycles. The molecule has 3 rings (SSSR count). The lowest BCUT2D eigenvalue weighted by Crippen LogP contribution is -2.24. The van der Waals surface area contributed by atoms with Crippen molar-refractivity contribution in [1.29, 1.82) is 0 Å². The number of nitrogens with zero attached hydrogens (tertiary/aromatic N) is 4. The van der Waals surface area contributed by atoms with Crippen LogP contribution in [0.4, 0.5) is 0 Å². The average Bonchev–Trinajstić information content (AvgIpc) is 3.23. The smallest absolute Gasteiger partial charge is 0.220 e. The van der Waals surface area contributed by atoms with Gasteiger partial charge in [0.15, 0.2) is 0 Å². The first-order chi connectivity index (χ1) is 11.6. The van der Waals surface area contributed by atoms with Crippen molar-refractivity contribution in [3.8, 4) is 5.82 Å². The van der Waals surface area contributed by atoms with Crippen LogP contribution in [0.3, 0.4) is 0 Å². The van der Waals surface area contributed by atoms with Gasteiger partial charge in [0.1, 0.15) is 12.1 Å². The van der Waals surface area contributed by atoms with Crippen LogP contribution in [0.5, 0.6) is 0 Å². The molecule has 7 nitrogen and oxygen atoms in total. The summed E-state index contributed by atoms with van der Waals surface area (Å²) in [7, 11) is 0. The third-order valence-corrected chi connectivity index (χ3v) is 4.04. The fraction of sp³-hybridized carbons (Fsp3) is 0.294. The van der Waals surface area contributed by atoms with E-state index in [1.165, 1.54) is 0 Å². The van der Waals surface area contributed by atoms with Gasteiger partial charge in [0.2, 0.25) is 5.91 Å². The highest BCUT2D eigenvalue weighted by atomic mass is 16.1. The summed E-state index contributed by atoms with van der Waals surface area (Å²) in [6, 6.07) is 3.81. The summed E-state index contributed by atoms with van der Waals surface area (Å²) in [6.07, 6.45) is 7.98. The molecule has 124 valence electrons. The van der Waals surface area contributed by atoms with E-state index in [1.54, 1.807) is 18.7 Å². The van der Waals surface area contributed by atoms with Crippen molar-refractivity contribution in [2.24, 2.45) is 0 Å². The van der Waals surface area contributed by atoms with Crippen molar-refractivity contribution in [1.82, 2.24) is 30.0 Å². The van der Waals surface area contributed by atoms with E-state index in [4.69, 9.17) is 0 Å². The summed E-state index contributed by atoms with van der Waals surface area (Å²) < 4.78 is 1.83. The number of aromatic nitrogens is 5. The van der Waals surface area contributed by atoms with E-state index in [0.717, 1.165) is 28.3 Å². The second-order valence-corrected chi connectivity index (χ2v) is 5.65. The summed E-state index contributed by atoms with van der Waals surface area (Å²) in [5.74, 6) is 0.768. The van der Waals surface area contributed by atoms with Crippen molar-refractivity contribution in [3.05, 3.63) is 59.6 Å². The Labute approximate surface area is 140 Å². The van der Waals surface area contributed by atoms with E-state index in [1.807, 2.05) is 36.7 Å². The lowest BCUT2D eigenvalue weighted by molar-refractivity contribution is -0.121. The molecular weight excluding hydrogens is 304 g/mol. The van der Waals surface area contributed by atoms with Crippen molar-refractivity contribution >= 4 is 5.91 Å². The molecule has 24 heavy (non-hydrogen) atoms. The Morgan fingerprint density at radius 1 is 1.33 bits per heavy atom. The van der Waals surface area contributed by atoms with E-state index < -0.39 is 0 Å². The number of pyridine rings is 1. The number of hydrogen-bond donors (Lipinski definition) is 2. The number of hydrogen-bond acceptors (Lipinski definition) is 4. The molecule has 0 spiro atoms. The largest absolute Gasteiger partial charge is 0.352 e. The first-order valence-corrected chi connectivity index (χ1v) is 7.84. The zero-order chi connectivity index (χ0) is 16.9. The van der Waals surface area contributed by atoms with Crippen LogP contribution in [0.25, 0.3) is 5.82 Å². The molecule has 3 heterocycles. The molecule has 2 N–H and O–H groups in total. The third kappa shape index (κ3) is 3.51. The van der Waals surface area contributed by atoms with E-state index in [0.29, 0.717) is 19.4 Å². The van der Waals surface area contributed by atoms with Crippen LogP contribution in [0.15, 0.2) is 37.1 Å². The molecule has 0 aromatic carbocycles. The number of imidazole rings is 1. The number of H-pyrrole nitrogens is 1. The second-order valence-electron chi connectivity index (χ2n) is 5.65. The summed E-state index contributed by atoms with van der Waals surface area (Å²) in [5.41, 5.74) is 4.06. The SMILES string of the molecule is Cc1[nH]nc(CCC(=O)NCc2cccnc2-n2ccnc2)c1C. The minimum atomic E-state index is -0.00418.